The molecule has 0 saturated carbocycles. The van der Waals surface area contributed by atoms with Gasteiger partial charge in [0.2, 0.25) is 0 Å². The Morgan fingerprint density at radius 1 is 1.06 bits per heavy atom. The molecule has 0 fully saturated rings. The van der Waals surface area contributed by atoms with Crippen molar-refractivity contribution in [1.29, 1.82) is 0 Å². The molecule has 0 aliphatic rings. The topological polar surface area (TPSA) is 50.4 Å². The minimum atomic E-state index is -0.353. The van der Waals surface area contributed by atoms with Gasteiger partial charge in [-0.15, -0.1) is 0 Å². The van der Waals surface area contributed by atoms with Crippen LogP contribution >= 0.6 is 0 Å². The van der Waals surface area contributed by atoms with E-state index in [-0.39, 0.29) is 11.4 Å². The SMILES string of the molecule is CCCc1cc2c(CCC)cc(=O)oc2cc1O. The Labute approximate surface area is 106 Å². The summed E-state index contributed by atoms with van der Waals surface area (Å²) in [5.74, 6) is 0.209. The molecular formula is C15H18O3. The number of aryl methyl sites for hydroxylation is 2. The second-order valence-electron chi connectivity index (χ2n) is 4.57. The molecule has 2 rings (SSSR count). The van der Waals surface area contributed by atoms with E-state index in [0.717, 1.165) is 42.2 Å². The summed E-state index contributed by atoms with van der Waals surface area (Å²) in [7, 11) is 0. The van der Waals surface area contributed by atoms with Gasteiger partial charge in [-0.3, -0.25) is 0 Å². The number of rotatable bonds is 4. The number of phenolic OH excluding ortho intramolecular Hbond substituents is 1. The highest BCUT2D eigenvalue weighted by Gasteiger charge is 2.09. The van der Waals surface area contributed by atoms with Crippen molar-refractivity contribution in [3.63, 3.8) is 0 Å². The zero-order chi connectivity index (χ0) is 13.1. The largest absolute Gasteiger partial charge is 0.508 e. The van der Waals surface area contributed by atoms with Crippen molar-refractivity contribution in [2.45, 2.75) is 39.5 Å². The predicted octanol–water partition coefficient (Wildman–Crippen LogP) is 3.40. The number of fused-ring (bicyclic) bond motifs is 1. The molecule has 1 heterocycles. The summed E-state index contributed by atoms with van der Waals surface area (Å²) in [4.78, 5) is 11.5. The van der Waals surface area contributed by atoms with Crippen LogP contribution in [0.3, 0.4) is 0 Å². The summed E-state index contributed by atoms with van der Waals surface area (Å²) in [6.07, 6.45) is 3.62. The summed E-state index contributed by atoms with van der Waals surface area (Å²) in [5.41, 5.74) is 2.04. The zero-order valence-electron chi connectivity index (χ0n) is 10.8. The monoisotopic (exact) mass is 246 g/mol. The molecule has 0 radical (unpaired) electrons. The van der Waals surface area contributed by atoms with Crippen molar-refractivity contribution >= 4 is 11.0 Å². The van der Waals surface area contributed by atoms with Gasteiger partial charge in [-0.1, -0.05) is 26.7 Å². The Hall–Kier alpha value is -1.77. The molecule has 0 bridgehead atoms. The Kier molecular flexibility index (Phi) is 3.70. The average molecular weight is 246 g/mol. The van der Waals surface area contributed by atoms with Crippen LogP contribution in [0, 0.1) is 0 Å². The van der Waals surface area contributed by atoms with Crippen LogP contribution in [0.2, 0.25) is 0 Å². The fourth-order valence-electron chi connectivity index (χ4n) is 2.25. The Morgan fingerprint density at radius 2 is 1.72 bits per heavy atom. The first kappa shape index (κ1) is 12.7. The van der Waals surface area contributed by atoms with Crippen LogP contribution < -0.4 is 5.63 Å². The standard InChI is InChI=1S/C15H18O3/c1-3-5-10-8-15(17)18-14-9-13(16)11(6-4-2)7-12(10)14/h7-9,16H,3-6H2,1-2H3. The molecule has 0 spiro atoms. The first-order valence-corrected chi connectivity index (χ1v) is 6.44. The summed E-state index contributed by atoms with van der Waals surface area (Å²) in [6, 6.07) is 5.06. The third kappa shape index (κ3) is 2.40. The molecule has 1 N–H and O–H groups in total. The van der Waals surface area contributed by atoms with E-state index in [1.54, 1.807) is 12.1 Å². The van der Waals surface area contributed by atoms with Crippen LogP contribution in [0.5, 0.6) is 5.75 Å². The van der Waals surface area contributed by atoms with Crippen LogP contribution in [0.4, 0.5) is 0 Å². The second kappa shape index (κ2) is 5.25. The summed E-state index contributed by atoms with van der Waals surface area (Å²) in [5, 5.41) is 10.8. The molecule has 0 aliphatic carbocycles. The first-order chi connectivity index (χ1) is 8.65. The van der Waals surface area contributed by atoms with Crippen LogP contribution in [0.25, 0.3) is 11.0 Å². The van der Waals surface area contributed by atoms with Gasteiger partial charge in [0.1, 0.15) is 11.3 Å². The lowest BCUT2D eigenvalue weighted by Crippen LogP contribution is -2.01. The number of benzene rings is 1. The maximum Gasteiger partial charge on any atom is 0.336 e. The number of hydrogen-bond acceptors (Lipinski definition) is 3. The Bertz CT molecular complexity index is 611. The lowest BCUT2D eigenvalue weighted by atomic mass is 10.0. The molecular weight excluding hydrogens is 228 g/mol. The van der Waals surface area contributed by atoms with Crippen molar-refractivity contribution in [2.75, 3.05) is 0 Å². The Balaban J connectivity index is 2.68. The zero-order valence-corrected chi connectivity index (χ0v) is 10.8. The van der Waals surface area contributed by atoms with Gasteiger partial charge >= 0.3 is 5.63 Å². The average Bonchev–Trinajstić information content (AvgIpc) is 2.31. The van der Waals surface area contributed by atoms with E-state index in [9.17, 15) is 9.90 Å². The molecule has 0 saturated heterocycles. The summed E-state index contributed by atoms with van der Waals surface area (Å²) < 4.78 is 5.15. The second-order valence-corrected chi connectivity index (χ2v) is 4.57. The van der Waals surface area contributed by atoms with Crippen molar-refractivity contribution in [1.82, 2.24) is 0 Å². The summed E-state index contributed by atoms with van der Waals surface area (Å²) >= 11 is 0. The fourth-order valence-corrected chi connectivity index (χ4v) is 2.25. The molecule has 1 aromatic carbocycles. The van der Waals surface area contributed by atoms with Crippen LogP contribution in [0.15, 0.2) is 27.4 Å². The highest BCUT2D eigenvalue weighted by atomic mass is 16.4. The normalized spacial score (nSPS) is 11.0. The molecule has 0 amide bonds. The van der Waals surface area contributed by atoms with Crippen LogP contribution in [0.1, 0.15) is 37.8 Å². The van der Waals surface area contributed by atoms with Gasteiger partial charge in [-0.05, 0) is 30.0 Å². The fraction of sp³-hybridized carbons (Fsp3) is 0.400. The van der Waals surface area contributed by atoms with Crippen LogP contribution in [-0.4, -0.2) is 5.11 Å². The van der Waals surface area contributed by atoms with E-state index in [0.29, 0.717) is 5.58 Å². The van der Waals surface area contributed by atoms with Crippen LogP contribution in [-0.2, 0) is 12.8 Å². The van der Waals surface area contributed by atoms with Gasteiger partial charge in [-0.2, -0.15) is 0 Å². The van der Waals surface area contributed by atoms with E-state index in [1.165, 1.54) is 0 Å². The van der Waals surface area contributed by atoms with Crippen molar-refractivity contribution in [2.24, 2.45) is 0 Å². The number of hydrogen-bond donors (Lipinski definition) is 1. The molecule has 0 atom stereocenters. The van der Waals surface area contributed by atoms with E-state index >= 15 is 0 Å². The number of phenols is 1. The van der Waals surface area contributed by atoms with Gasteiger partial charge in [-0.25, -0.2) is 4.79 Å². The van der Waals surface area contributed by atoms with Crippen molar-refractivity contribution in [3.8, 4) is 5.75 Å². The molecule has 3 heteroatoms. The third-order valence-corrected chi connectivity index (χ3v) is 3.07. The van der Waals surface area contributed by atoms with E-state index in [4.69, 9.17) is 4.42 Å². The van der Waals surface area contributed by atoms with Gasteiger partial charge in [0.05, 0.1) is 0 Å². The van der Waals surface area contributed by atoms with Gasteiger partial charge in [0, 0.05) is 17.5 Å². The van der Waals surface area contributed by atoms with Gasteiger partial charge in [0.25, 0.3) is 0 Å². The van der Waals surface area contributed by atoms with Gasteiger partial charge in [0.15, 0.2) is 0 Å². The molecule has 3 nitrogen and oxygen atoms in total. The highest BCUT2D eigenvalue weighted by Crippen LogP contribution is 2.27. The van der Waals surface area contributed by atoms with Crippen molar-refractivity contribution in [3.05, 3.63) is 39.7 Å². The third-order valence-electron chi connectivity index (χ3n) is 3.07. The lowest BCUT2D eigenvalue weighted by molar-refractivity contribution is 0.465. The smallest absolute Gasteiger partial charge is 0.336 e. The highest BCUT2D eigenvalue weighted by molar-refractivity contribution is 5.82. The quantitative estimate of drug-likeness (QED) is 0.841. The molecule has 96 valence electrons. The molecule has 2 aromatic rings. The van der Waals surface area contributed by atoms with Gasteiger partial charge < -0.3 is 9.52 Å². The minimum absolute atomic E-state index is 0.209. The summed E-state index contributed by atoms with van der Waals surface area (Å²) in [6.45, 7) is 4.15. The van der Waals surface area contributed by atoms with Crippen molar-refractivity contribution < 1.29 is 9.52 Å². The van der Waals surface area contributed by atoms with E-state index in [2.05, 4.69) is 13.8 Å². The minimum Gasteiger partial charge on any atom is -0.508 e. The van der Waals surface area contributed by atoms with E-state index < -0.39 is 0 Å². The molecule has 0 aliphatic heterocycles. The predicted molar refractivity (Wildman–Crippen MR) is 72.1 cm³/mol. The maximum absolute atomic E-state index is 11.5. The maximum atomic E-state index is 11.5. The molecule has 1 aromatic heterocycles. The number of aromatic hydroxyl groups is 1. The molecule has 18 heavy (non-hydrogen) atoms. The lowest BCUT2D eigenvalue weighted by Gasteiger charge is -2.08. The Morgan fingerprint density at radius 3 is 2.39 bits per heavy atom. The van der Waals surface area contributed by atoms with E-state index in [1.807, 2.05) is 6.07 Å². The first-order valence-electron chi connectivity index (χ1n) is 6.44. The molecule has 0 unspecified atom stereocenters.